The molecule has 1 unspecified atom stereocenters. The number of phenolic OH excluding ortho intramolecular Hbond substituents is 1. The highest BCUT2D eigenvalue weighted by atomic mass is 28.3. The van der Waals surface area contributed by atoms with Crippen LogP contribution in [-0.2, 0) is 35.7 Å². The number of nitrogens with zero attached hydrogens (tertiary/aromatic N) is 6. The molecule has 262 valence electrons. The molecule has 49 heavy (non-hydrogen) atoms. The third-order valence-corrected chi connectivity index (χ3v) is 11.3. The van der Waals surface area contributed by atoms with Crippen molar-refractivity contribution < 1.29 is 35.7 Å². The predicted octanol–water partition coefficient (Wildman–Crippen LogP) is 6.49. The maximum Gasteiger partial charge on any atom is 0.320 e. The lowest BCUT2D eigenvalue weighted by Crippen LogP contribution is -2.39. The van der Waals surface area contributed by atoms with Crippen molar-refractivity contribution >= 4 is 25.0 Å². The third-order valence-electron chi connectivity index (χ3n) is 9.64. The van der Waals surface area contributed by atoms with Crippen molar-refractivity contribution in [3.63, 3.8) is 0 Å². The van der Waals surface area contributed by atoms with Crippen LogP contribution in [0.5, 0.6) is 5.75 Å². The van der Waals surface area contributed by atoms with Gasteiger partial charge in [0.05, 0.1) is 36.1 Å². The first-order chi connectivity index (χ1) is 25.4. The van der Waals surface area contributed by atoms with Crippen LogP contribution in [0.1, 0.15) is 62.6 Å². The minimum Gasteiger partial charge on any atom is -0.505 e. The molecular formula is C36H47FN6O5Si. The molecule has 2 saturated heterocycles. The van der Waals surface area contributed by atoms with Crippen LogP contribution < -0.4 is 0 Å². The molecule has 0 bridgehead atoms. The van der Waals surface area contributed by atoms with Crippen LogP contribution in [0.15, 0.2) is 30.3 Å². The molecule has 4 aromatic rings. The van der Waals surface area contributed by atoms with Gasteiger partial charge in [0.1, 0.15) is 12.4 Å². The number of ether oxygens (including phenoxy) is 2. The van der Waals surface area contributed by atoms with Gasteiger partial charge in [-0.1, -0.05) is 32.6 Å². The first kappa shape index (κ1) is 28.0. The summed E-state index contributed by atoms with van der Waals surface area (Å²) in [4.78, 5) is 21.9. The van der Waals surface area contributed by atoms with Gasteiger partial charge in [-0.05, 0) is 79.1 Å². The second-order valence-electron chi connectivity index (χ2n) is 14.5. The monoisotopic (exact) mass is 695 g/mol. The van der Waals surface area contributed by atoms with E-state index in [2.05, 4.69) is 19.6 Å². The number of aliphatic hydroxyl groups is 1. The molecule has 2 aromatic carbocycles. The molecule has 3 aliphatic heterocycles. The summed E-state index contributed by atoms with van der Waals surface area (Å²) in [5.41, 5.74) is 2.61. The van der Waals surface area contributed by atoms with Gasteiger partial charge in [-0.25, -0.2) is 18.9 Å². The van der Waals surface area contributed by atoms with E-state index in [4.69, 9.17) is 26.4 Å². The summed E-state index contributed by atoms with van der Waals surface area (Å²) in [7, 11) is -1.39. The Bertz CT molecular complexity index is 2060. The van der Waals surface area contributed by atoms with Gasteiger partial charge in [-0.3, -0.25) is 0 Å². The Morgan fingerprint density at radius 1 is 1.18 bits per heavy atom. The van der Waals surface area contributed by atoms with Crippen LogP contribution in [0, 0.1) is 5.82 Å². The van der Waals surface area contributed by atoms with Gasteiger partial charge < -0.3 is 34.1 Å². The summed E-state index contributed by atoms with van der Waals surface area (Å²) in [6, 6.07) is 7.75. The molecule has 3 aliphatic rings. The molecule has 11 nitrogen and oxygen atoms in total. The zero-order valence-corrected chi connectivity index (χ0v) is 29.2. The quantitative estimate of drug-likeness (QED) is 0.152. The number of aliphatic hydroxyl groups excluding tert-OH is 1. The summed E-state index contributed by atoms with van der Waals surface area (Å²) >= 11 is 0. The van der Waals surface area contributed by atoms with Gasteiger partial charge in [0.2, 0.25) is 0 Å². The number of fused-ring (bicyclic) bond motifs is 2. The Balaban J connectivity index is 1.34. The molecule has 2 fully saturated rings. The third kappa shape index (κ3) is 6.73. The molecule has 5 heterocycles. The van der Waals surface area contributed by atoms with E-state index < -0.39 is 45.2 Å². The average molecular weight is 696 g/mol. The Hall–Kier alpha value is -3.78. The number of benzene rings is 2. The maximum atomic E-state index is 14.9. The number of carbonyl (C=O) groups is 1. The number of likely N-dealkylation sites (tertiary alicyclic amines) is 1. The smallest absolute Gasteiger partial charge is 0.320 e. The van der Waals surface area contributed by atoms with Gasteiger partial charge >= 0.3 is 6.03 Å². The van der Waals surface area contributed by atoms with E-state index in [9.17, 15) is 19.4 Å². The van der Waals surface area contributed by atoms with Crippen molar-refractivity contribution in [3.8, 4) is 28.4 Å². The summed E-state index contributed by atoms with van der Waals surface area (Å²) in [6.45, 7) is 6.38. The van der Waals surface area contributed by atoms with Crippen LogP contribution >= 0.6 is 0 Å². The molecule has 0 saturated carbocycles. The lowest BCUT2D eigenvalue weighted by molar-refractivity contribution is -0.0365. The van der Waals surface area contributed by atoms with Crippen LogP contribution in [0.4, 0.5) is 9.18 Å². The standard InChI is InChI=1S/C36H47FN6O5Si/c1-5-23-17-32(45)28(37)18-27(23)24-9-10-26-30(16-24)43(33-8-6-7-13-48-33)39-34(26)35-38-29-20-41(36(46)40-12-11-25(44)19-40)21-31(29)42(35)22-47-14-15-49(2,3)4/h9-10,16-18,25,33,44-45H,5-8,11-15,19-22H2,1-4H3/t25-,33?/m0/s1/i1D3,5D2. The highest BCUT2D eigenvalue weighted by Crippen LogP contribution is 2.39. The molecular weight excluding hydrogens is 644 g/mol. The summed E-state index contributed by atoms with van der Waals surface area (Å²) < 4.78 is 71.8. The fourth-order valence-corrected chi connectivity index (χ4v) is 7.63. The van der Waals surface area contributed by atoms with Crippen LogP contribution in [0.3, 0.4) is 0 Å². The second kappa shape index (κ2) is 13.5. The van der Waals surface area contributed by atoms with Gasteiger partial charge in [0.25, 0.3) is 0 Å². The van der Waals surface area contributed by atoms with Gasteiger partial charge in [-0.15, -0.1) is 0 Å². The fraction of sp³-hybridized carbons (Fsp3) is 0.528. The molecule has 2 N–H and O–H groups in total. The van der Waals surface area contributed by atoms with Gasteiger partial charge in [0, 0.05) is 46.6 Å². The van der Waals surface area contributed by atoms with Gasteiger partial charge in [-0.2, -0.15) is 5.10 Å². The molecule has 0 spiro atoms. The minimum absolute atomic E-state index is 0.0151. The number of imidazole rings is 1. The van der Waals surface area contributed by atoms with Crippen molar-refractivity contribution in [2.45, 2.75) is 96.7 Å². The number of carbonyl (C=O) groups excluding carboxylic acids is 1. The largest absolute Gasteiger partial charge is 0.505 e. The summed E-state index contributed by atoms with van der Waals surface area (Å²) in [5, 5.41) is 26.0. The number of aromatic hydroxyl groups is 1. The van der Waals surface area contributed by atoms with Crippen LogP contribution in [-0.4, -0.2) is 85.9 Å². The number of amides is 2. The average Bonchev–Trinajstić information content (AvgIpc) is 3.89. The van der Waals surface area contributed by atoms with E-state index in [0.717, 1.165) is 42.4 Å². The number of hydrogen-bond donors (Lipinski definition) is 2. The Morgan fingerprint density at radius 2 is 2.04 bits per heavy atom. The van der Waals surface area contributed by atoms with Crippen molar-refractivity contribution in [1.29, 1.82) is 0 Å². The Morgan fingerprint density at radius 3 is 2.78 bits per heavy atom. The molecule has 13 heteroatoms. The second-order valence-corrected chi connectivity index (χ2v) is 20.1. The van der Waals surface area contributed by atoms with E-state index in [1.807, 2.05) is 4.57 Å². The van der Waals surface area contributed by atoms with Crippen molar-refractivity contribution in [3.05, 3.63) is 53.1 Å². The summed E-state index contributed by atoms with van der Waals surface area (Å²) in [6.07, 6.45) is -0.868. The fourth-order valence-electron chi connectivity index (χ4n) is 6.87. The number of aryl methyl sites for hydroxylation is 1. The number of hydrogen-bond acceptors (Lipinski definition) is 7. The predicted molar refractivity (Wildman–Crippen MR) is 187 cm³/mol. The number of β-amino-alcohol motifs (C(OH)–C–C–N with tert-alkyl or cyclic N) is 1. The van der Waals surface area contributed by atoms with E-state index in [-0.39, 0.29) is 30.4 Å². The number of rotatable bonds is 9. The van der Waals surface area contributed by atoms with E-state index in [1.165, 1.54) is 0 Å². The van der Waals surface area contributed by atoms with Crippen LogP contribution in [0.25, 0.3) is 33.5 Å². The number of halogens is 1. The SMILES string of the molecule is [2H]C([2H])([2H])C([2H])([2H])c1cc(O)c(F)cc1-c1ccc2c(-c3nc4c(n3COCC[Si](C)(C)C)CN(C(=O)N3CC[C@H](O)C3)C4)nn(C3CCCCO3)c2c1. The lowest BCUT2D eigenvalue weighted by atomic mass is 9.96. The normalized spacial score (nSPS) is 21.8. The van der Waals surface area contributed by atoms with E-state index >= 15 is 0 Å². The maximum absolute atomic E-state index is 14.9. The first-order valence-corrected chi connectivity index (χ1v) is 20.7. The van der Waals surface area contributed by atoms with Gasteiger partial charge in [0.15, 0.2) is 23.6 Å². The first-order valence-electron chi connectivity index (χ1n) is 19.5. The van der Waals surface area contributed by atoms with E-state index in [1.54, 1.807) is 32.7 Å². The minimum atomic E-state index is -3.11. The van der Waals surface area contributed by atoms with E-state index in [0.29, 0.717) is 73.7 Å². The molecule has 2 atom stereocenters. The molecule has 0 radical (unpaired) electrons. The molecule has 2 aromatic heterocycles. The highest BCUT2D eigenvalue weighted by Gasteiger charge is 2.36. The highest BCUT2D eigenvalue weighted by molar-refractivity contribution is 6.76. The topological polar surface area (TPSA) is 118 Å². The number of urea groups is 1. The van der Waals surface area contributed by atoms with Crippen molar-refractivity contribution in [2.75, 3.05) is 26.3 Å². The zero-order valence-electron chi connectivity index (χ0n) is 33.2. The zero-order chi connectivity index (χ0) is 38.7. The molecule has 2 amide bonds. The summed E-state index contributed by atoms with van der Waals surface area (Å²) in [5.74, 6) is -1.32. The number of phenols is 1. The lowest BCUT2D eigenvalue weighted by Gasteiger charge is -2.24. The van der Waals surface area contributed by atoms with Crippen molar-refractivity contribution in [2.24, 2.45) is 0 Å². The molecule has 0 aliphatic carbocycles. The van der Waals surface area contributed by atoms with Crippen LogP contribution in [0.2, 0.25) is 25.7 Å². The Labute approximate surface area is 294 Å². The molecule has 7 rings (SSSR count). The van der Waals surface area contributed by atoms with Crippen molar-refractivity contribution in [1.82, 2.24) is 29.1 Å². The number of aromatic nitrogens is 4. The Kier molecular flexibility index (Phi) is 7.71.